The van der Waals surface area contributed by atoms with Crippen molar-refractivity contribution in [2.75, 3.05) is 7.11 Å². The van der Waals surface area contributed by atoms with Gasteiger partial charge in [0, 0.05) is 9.13 Å². The summed E-state index contributed by atoms with van der Waals surface area (Å²) in [4.78, 5) is 12.2. The third-order valence-electron chi connectivity index (χ3n) is 2.60. The molecule has 0 bridgehead atoms. The Morgan fingerprint density at radius 1 is 1.16 bits per heavy atom. The monoisotopic (exact) mass is 374 g/mol. The molecule has 0 N–H and O–H groups in total. The predicted molar refractivity (Wildman–Crippen MR) is 75.5 cm³/mol. The molecule has 0 fully saturated rings. The Kier molecular flexibility index (Phi) is 4.14. The molecule has 0 heterocycles. The van der Waals surface area contributed by atoms with Crippen molar-refractivity contribution in [1.82, 2.24) is 0 Å². The van der Waals surface area contributed by atoms with E-state index in [0.717, 1.165) is 0 Å². The molecule has 2 rings (SSSR count). The van der Waals surface area contributed by atoms with Gasteiger partial charge < -0.3 is 4.74 Å². The van der Waals surface area contributed by atoms with Gasteiger partial charge in [-0.15, -0.1) is 0 Å². The fourth-order valence-corrected chi connectivity index (χ4v) is 2.38. The summed E-state index contributed by atoms with van der Waals surface area (Å²) in [6, 6.07) is 8.09. The van der Waals surface area contributed by atoms with Crippen LogP contribution in [0.25, 0.3) is 0 Å². The van der Waals surface area contributed by atoms with E-state index in [9.17, 15) is 13.6 Å². The van der Waals surface area contributed by atoms with Gasteiger partial charge in [-0.25, -0.2) is 8.78 Å². The molecule has 0 unspecified atom stereocenters. The van der Waals surface area contributed by atoms with Gasteiger partial charge in [-0.05, 0) is 52.9 Å². The lowest BCUT2D eigenvalue weighted by atomic mass is 10.0. The Morgan fingerprint density at radius 3 is 2.53 bits per heavy atom. The molecule has 19 heavy (non-hydrogen) atoms. The van der Waals surface area contributed by atoms with Crippen molar-refractivity contribution in [1.29, 1.82) is 0 Å². The second-order valence-electron chi connectivity index (χ2n) is 3.78. The Balaban J connectivity index is 2.50. The maximum atomic E-state index is 14.0. The lowest BCUT2D eigenvalue weighted by Gasteiger charge is -2.08. The first-order chi connectivity index (χ1) is 9.04. The van der Waals surface area contributed by atoms with E-state index in [1.54, 1.807) is 0 Å². The van der Waals surface area contributed by atoms with Gasteiger partial charge in [-0.1, -0.05) is 6.07 Å². The number of benzene rings is 2. The highest BCUT2D eigenvalue weighted by Crippen LogP contribution is 2.24. The summed E-state index contributed by atoms with van der Waals surface area (Å²) in [5, 5.41) is 0. The minimum absolute atomic E-state index is 0.00275. The molecule has 0 amide bonds. The number of rotatable bonds is 3. The van der Waals surface area contributed by atoms with Crippen LogP contribution in [-0.2, 0) is 0 Å². The first-order valence-corrected chi connectivity index (χ1v) is 6.44. The smallest absolute Gasteiger partial charge is 0.197 e. The summed E-state index contributed by atoms with van der Waals surface area (Å²) in [5.74, 6) is -1.65. The van der Waals surface area contributed by atoms with Gasteiger partial charge in [0.2, 0.25) is 0 Å². The molecule has 0 aromatic heterocycles. The van der Waals surface area contributed by atoms with Crippen molar-refractivity contribution in [2.45, 2.75) is 0 Å². The third-order valence-corrected chi connectivity index (χ3v) is 3.50. The average molecular weight is 374 g/mol. The summed E-state index contributed by atoms with van der Waals surface area (Å²) in [6.07, 6.45) is 0. The van der Waals surface area contributed by atoms with E-state index in [4.69, 9.17) is 4.74 Å². The summed E-state index contributed by atoms with van der Waals surface area (Å²) in [7, 11) is 1.33. The first kappa shape index (κ1) is 13.9. The summed E-state index contributed by atoms with van der Waals surface area (Å²) >= 11 is 1.84. The Bertz CT molecular complexity index is 641. The number of halogens is 3. The van der Waals surface area contributed by atoms with E-state index >= 15 is 0 Å². The highest BCUT2D eigenvalue weighted by molar-refractivity contribution is 14.1. The fraction of sp³-hybridized carbons (Fsp3) is 0.0714. The van der Waals surface area contributed by atoms with Crippen molar-refractivity contribution in [2.24, 2.45) is 0 Å². The summed E-state index contributed by atoms with van der Waals surface area (Å²) in [5.41, 5.74) is 0.165. The van der Waals surface area contributed by atoms with E-state index in [1.807, 2.05) is 22.6 Å². The lowest BCUT2D eigenvalue weighted by Crippen LogP contribution is -2.07. The molecule has 2 aromatic carbocycles. The maximum absolute atomic E-state index is 14.0. The van der Waals surface area contributed by atoms with Crippen LogP contribution in [-0.4, -0.2) is 12.9 Å². The molecule has 98 valence electrons. The normalized spacial score (nSPS) is 10.3. The van der Waals surface area contributed by atoms with E-state index in [0.29, 0.717) is 3.57 Å². The van der Waals surface area contributed by atoms with E-state index in [1.165, 1.54) is 43.5 Å². The van der Waals surface area contributed by atoms with Crippen molar-refractivity contribution < 1.29 is 18.3 Å². The minimum Gasteiger partial charge on any atom is -0.494 e. The number of methoxy groups -OCH3 is 1. The van der Waals surface area contributed by atoms with Crippen LogP contribution >= 0.6 is 22.6 Å². The molecule has 0 aliphatic rings. The zero-order chi connectivity index (χ0) is 14.0. The largest absolute Gasteiger partial charge is 0.494 e. The van der Waals surface area contributed by atoms with Crippen molar-refractivity contribution in [3.63, 3.8) is 0 Å². The lowest BCUT2D eigenvalue weighted by molar-refractivity contribution is 0.103. The van der Waals surface area contributed by atoms with Crippen molar-refractivity contribution in [3.8, 4) is 5.75 Å². The number of carbonyl (C=O) groups is 1. The molecule has 2 aromatic rings. The molecular weight excluding hydrogens is 365 g/mol. The molecule has 0 saturated carbocycles. The van der Waals surface area contributed by atoms with Crippen molar-refractivity contribution >= 4 is 28.4 Å². The number of ketones is 1. The number of hydrogen-bond donors (Lipinski definition) is 0. The second-order valence-corrected chi connectivity index (χ2v) is 4.94. The molecule has 2 nitrogen and oxygen atoms in total. The van der Waals surface area contributed by atoms with Gasteiger partial charge >= 0.3 is 0 Å². The molecule has 0 aliphatic carbocycles. The quantitative estimate of drug-likeness (QED) is 0.604. The molecular formula is C14H9F2IO2. The first-order valence-electron chi connectivity index (χ1n) is 5.37. The molecule has 0 aliphatic heterocycles. The average Bonchev–Trinajstić information content (AvgIpc) is 2.38. The van der Waals surface area contributed by atoms with Crippen LogP contribution < -0.4 is 4.74 Å². The van der Waals surface area contributed by atoms with Crippen LogP contribution in [0.2, 0.25) is 0 Å². The second kappa shape index (κ2) is 5.64. The Morgan fingerprint density at radius 2 is 1.89 bits per heavy atom. The zero-order valence-corrected chi connectivity index (χ0v) is 12.1. The van der Waals surface area contributed by atoms with Gasteiger partial charge in [0.25, 0.3) is 0 Å². The Labute approximate surface area is 122 Å². The topological polar surface area (TPSA) is 26.3 Å². The van der Waals surface area contributed by atoms with Gasteiger partial charge in [0.1, 0.15) is 5.82 Å². The minimum atomic E-state index is -0.713. The number of ether oxygens (including phenoxy) is 1. The standard InChI is InChI=1S/C14H9F2IO2/c1-19-12-4-2-3-10(13(12)16)14(18)9-6-5-8(15)7-11(9)17/h2-7H,1H3. The molecule has 5 heteroatoms. The maximum Gasteiger partial charge on any atom is 0.197 e. The third kappa shape index (κ3) is 2.75. The summed E-state index contributed by atoms with van der Waals surface area (Å²) < 4.78 is 32.3. The van der Waals surface area contributed by atoms with Gasteiger partial charge in [0.05, 0.1) is 12.7 Å². The molecule has 0 saturated heterocycles. The van der Waals surface area contributed by atoms with E-state index in [-0.39, 0.29) is 16.9 Å². The van der Waals surface area contributed by atoms with Gasteiger partial charge in [0.15, 0.2) is 17.3 Å². The van der Waals surface area contributed by atoms with Crippen LogP contribution in [0.3, 0.4) is 0 Å². The highest BCUT2D eigenvalue weighted by Gasteiger charge is 2.19. The SMILES string of the molecule is COc1cccc(C(=O)c2ccc(F)cc2I)c1F. The number of hydrogen-bond acceptors (Lipinski definition) is 2. The zero-order valence-electron chi connectivity index (χ0n) is 9.91. The van der Waals surface area contributed by atoms with Crippen LogP contribution in [0.4, 0.5) is 8.78 Å². The van der Waals surface area contributed by atoms with E-state index in [2.05, 4.69) is 0 Å². The molecule has 0 radical (unpaired) electrons. The molecule has 0 spiro atoms. The van der Waals surface area contributed by atoms with Crippen LogP contribution in [0.5, 0.6) is 5.75 Å². The highest BCUT2D eigenvalue weighted by atomic mass is 127. The van der Waals surface area contributed by atoms with Crippen LogP contribution in [0, 0.1) is 15.2 Å². The van der Waals surface area contributed by atoms with Crippen molar-refractivity contribution in [3.05, 3.63) is 62.7 Å². The van der Waals surface area contributed by atoms with E-state index < -0.39 is 17.4 Å². The fourth-order valence-electron chi connectivity index (χ4n) is 1.66. The van der Waals surface area contributed by atoms with Gasteiger partial charge in [-0.3, -0.25) is 4.79 Å². The summed E-state index contributed by atoms with van der Waals surface area (Å²) in [6.45, 7) is 0. The van der Waals surface area contributed by atoms with Crippen LogP contribution in [0.1, 0.15) is 15.9 Å². The van der Waals surface area contributed by atoms with Gasteiger partial charge in [-0.2, -0.15) is 0 Å². The Hall–Kier alpha value is -1.50. The van der Waals surface area contributed by atoms with Crippen LogP contribution in [0.15, 0.2) is 36.4 Å². The predicted octanol–water partition coefficient (Wildman–Crippen LogP) is 3.81. The molecule has 0 atom stereocenters. The number of carbonyl (C=O) groups excluding carboxylic acids is 1.